The Bertz CT molecular complexity index is 863. The summed E-state index contributed by atoms with van der Waals surface area (Å²) >= 11 is 0. The summed E-state index contributed by atoms with van der Waals surface area (Å²) in [5, 5.41) is 0. The number of hydrogen-bond donors (Lipinski definition) is 0. The smallest absolute Gasteiger partial charge is 0.327 e. The lowest BCUT2D eigenvalue weighted by Gasteiger charge is -2.42. The molecule has 0 unspecified atom stereocenters. The Kier molecular flexibility index (Phi) is 6.67. The summed E-state index contributed by atoms with van der Waals surface area (Å²) < 4.78 is 10.7. The molecule has 1 spiro atoms. The molecule has 166 valence electrons. The third-order valence-corrected chi connectivity index (χ3v) is 6.35. The average molecular weight is 427 g/mol. The van der Waals surface area contributed by atoms with Crippen molar-refractivity contribution in [2.45, 2.75) is 37.8 Å². The summed E-state index contributed by atoms with van der Waals surface area (Å²) in [4.78, 5) is 36.3. The van der Waals surface area contributed by atoms with Gasteiger partial charge in [-0.05, 0) is 49.4 Å². The quantitative estimate of drug-likeness (QED) is 0.574. The highest BCUT2D eigenvalue weighted by atomic mass is 16.5. The van der Waals surface area contributed by atoms with Gasteiger partial charge in [0, 0.05) is 45.7 Å². The number of furan rings is 1. The SMILES string of the molecule is COCCN1C(=O)N(CCCc2cccnc2)C(=O)C12CCN(Cc1ccco1)CC2. The van der Waals surface area contributed by atoms with Crippen LogP contribution in [0.2, 0.25) is 0 Å². The molecule has 0 saturated carbocycles. The number of pyridine rings is 1. The first-order valence-electron chi connectivity index (χ1n) is 10.9. The van der Waals surface area contributed by atoms with Gasteiger partial charge in [0.25, 0.3) is 5.91 Å². The van der Waals surface area contributed by atoms with Crippen LogP contribution >= 0.6 is 0 Å². The number of ether oxygens (including phenoxy) is 1. The van der Waals surface area contributed by atoms with E-state index in [1.54, 1.807) is 24.5 Å². The van der Waals surface area contributed by atoms with E-state index in [0.717, 1.165) is 43.8 Å². The van der Waals surface area contributed by atoms with E-state index in [9.17, 15) is 9.59 Å². The molecule has 31 heavy (non-hydrogen) atoms. The summed E-state index contributed by atoms with van der Waals surface area (Å²) in [6, 6.07) is 7.58. The van der Waals surface area contributed by atoms with Gasteiger partial charge in [0.1, 0.15) is 11.3 Å². The molecule has 0 atom stereocenters. The number of amides is 3. The van der Waals surface area contributed by atoms with Gasteiger partial charge in [-0.2, -0.15) is 0 Å². The lowest BCUT2D eigenvalue weighted by Crippen LogP contribution is -2.57. The Labute approximate surface area is 182 Å². The standard InChI is InChI=1S/C23H30N4O4/c1-30-16-14-27-22(29)26(11-3-6-19-5-2-10-24-17-19)21(28)23(27)8-12-25(13-9-23)18-20-7-4-15-31-20/h2,4-5,7,10,15,17H,3,6,8-9,11-14,16,18H2,1H3. The number of rotatable bonds is 9. The number of methoxy groups -OCH3 is 1. The molecule has 0 N–H and O–H groups in total. The van der Waals surface area contributed by atoms with Crippen LogP contribution in [0.1, 0.15) is 30.6 Å². The zero-order valence-corrected chi connectivity index (χ0v) is 18.0. The third-order valence-electron chi connectivity index (χ3n) is 6.35. The van der Waals surface area contributed by atoms with Gasteiger partial charge in [-0.3, -0.25) is 19.6 Å². The highest BCUT2D eigenvalue weighted by molar-refractivity contribution is 6.07. The molecular formula is C23H30N4O4. The molecule has 2 fully saturated rings. The van der Waals surface area contributed by atoms with Crippen LogP contribution < -0.4 is 0 Å². The molecular weight excluding hydrogens is 396 g/mol. The fraction of sp³-hybridized carbons (Fsp3) is 0.522. The van der Waals surface area contributed by atoms with Gasteiger partial charge < -0.3 is 14.1 Å². The van der Waals surface area contributed by atoms with Gasteiger partial charge in [0.2, 0.25) is 0 Å². The van der Waals surface area contributed by atoms with Crippen molar-refractivity contribution in [3.63, 3.8) is 0 Å². The van der Waals surface area contributed by atoms with Crippen molar-refractivity contribution in [3.05, 3.63) is 54.2 Å². The Morgan fingerprint density at radius 1 is 1.16 bits per heavy atom. The number of aryl methyl sites for hydroxylation is 1. The number of piperidine rings is 1. The minimum Gasteiger partial charge on any atom is -0.468 e. The highest BCUT2D eigenvalue weighted by Gasteiger charge is 2.57. The van der Waals surface area contributed by atoms with Crippen molar-refractivity contribution in [3.8, 4) is 0 Å². The number of nitrogens with zero attached hydrogens (tertiary/aromatic N) is 4. The van der Waals surface area contributed by atoms with Crippen LogP contribution in [-0.2, 0) is 22.5 Å². The molecule has 2 aromatic rings. The number of carbonyl (C=O) groups is 2. The maximum absolute atomic E-state index is 13.5. The van der Waals surface area contributed by atoms with Crippen molar-refractivity contribution in [2.24, 2.45) is 0 Å². The van der Waals surface area contributed by atoms with Gasteiger partial charge in [-0.25, -0.2) is 4.79 Å². The van der Waals surface area contributed by atoms with E-state index in [0.29, 0.717) is 32.5 Å². The van der Waals surface area contributed by atoms with E-state index >= 15 is 0 Å². The predicted octanol–water partition coefficient (Wildman–Crippen LogP) is 2.55. The molecule has 3 amide bonds. The van der Waals surface area contributed by atoms with E-state index < -0.39 is 5.54 Å². The van der Waals surface area contributed by atoms with E-state index in [1.807, 2.05) is 30.5 Å². The maximum atomic E-state index is 13.5. The average Bonchev–Trinajstić information content (AvgIpc) is 3.37. The fourth-order valence-corrected chi connectivity index (χ4v) is 4.65. The Balaban J connectivity index is 1.42. The van der Waals surface area contributed by atoms with Crippen LogP contribution in [0.15, 0.2) is 47.3 Å². The summed E-state index contributed by atoms with van der Waals surface area (Å²) in [5.74, 6) is 0.857. The number of urea groups is 1. The van der Waals surface area contributed by atoms with Gasteiger partial charge in [0.15, 0.2) is 0 Å². The number of likely N-dealkylation sites (tertiary alicyclic amines) is 1. The normalized spacial score (nSPS) is 19.0. The molecule has 8 nitrogen and oxygen atoms in total. The van der Waals surface area contributed by atoms with Crippen LogP contribution in [0.4, 0.5) is 4.79 Å². The van der Waals surface area contributed by atoms with Crippen LogP contribution in [0.3, 0.4) is 0 Å². The van der Waals surface area contributed by atoms with E-state index in [4.69, 9.17) is 9.15 Å². The molecule has 4 rings (SSSR count). The van der Waals surface area contributed by atoms with E-state index in [1.165, 1.54) is 4.90 Å². The summed E-state index contributed by atoms with van der Waals surface area (Å²) in [6.07, 6.45) is 8.01. The monoisotopic (exact) mass is 426 g/mol. The van der Waals surface area contributed by atoms with Gasteiger partial charge in [-0.1, -0.05) is 6.07 Å². The first kappa shape index (κ1) is 21.5. The molecule has 2 saturated heterocycles. The van der Waals surface area contributed by atoms with Gasteiger partial charge in [0.05, 0.1) is 19.4 Å². The van der Waals surface area contributed by atoms with E-state index in [-0.39, 0.29) is 11.9 Å². The molecule has 2 aliphatic rings. The Hall–Kier alpha value is -2.71. The first-order chi connectivity index (χ1) is 15.1. The van der Waals surface area contributed by atoms with Gasteiger partial charge in [-0.15, -0.1) is 0 Å². The lowest BCUT2D eigenvalue weighted by molar-refractivity contribution is -0.136. The lowest BCUT2D eigenvalue weighted by atomic mass is 9.85. The fourth-order valence-electron chi connectivity index (χ4n) is 4.65. The van der Waals surface area contributed by atoms with Crippen molar-refractivity contribution in [1.29, 1.82) is 0 Å². The molecule has 8 heteroatoms. The second-order valence-electron chi connectivity index (χ2n) is 8.24. The predicted molar refractivity (Wildman–Crippen MR) is 114 cm³/mol. The van der Waals surface area contributed by atoms with Gasteiger partial charge >= 0.3 is 6.03 Å². The van der Waals surface area contributed by atoms with Crippen molar-refractivity contribution in [1.82, 2.24) is 19.7 Å². The van der Waals surface area contributed by atoms with E-state index in [2.05, 4.69) is 9.88 Å². The van der Waals surface area contributed by atoms with Crippen LogP contribution in [0.25, 0.3) is 0 Å². The maximum Gasteiger partial charge on any atom is 0.327 e. The molecule has 4 heterocycles. The number of carbonyl (C=O) groups excluding carboxylic acids is 2. The van der Waals surface area contributed by atoms with Crippen molar-refractivity contribution in [2.75, 3.05) is 39.9 Å². The number of aromatic nitrogens is 1. The third kappa shape index (κ3) is 4.50. The summed E-state index contributed by atoms with van der Waals surface area (Å²) in [6.45, 7) is 3.48. The second kappa shape index (κ2) is 9.62. The van der Waals surface area contributed by atoms with Crippen LogP contribution in [-0.4, -0.2) is 77.1 Å². The first-order valence-corrected chi connectivity index (χ1v) is 10.9. The second-order valence-corrected chi connectivity index (χ2v) is 8.24. The van der Waals surface area contributed by atoms with Crippen molar-refractivity contribution >= 4 is 11.9 Å². The number of imide groups is 1. The molecule has 0 aliphatic carbocycles. The molecule has 0 bridgehead atoms. The Morgan fingerprint density at radius 3 is 2.68 bits per heavy atom. The Morgan fingerprint density at radius 2 is 2.00 bits per heavy atom. The summed E-state index contributed by atoms with van der Waals surface area (Å²) in [5.41, 5.74) is 0.350. The largest absolute Gasteiger partial charge is 0.468 e. The van der Waals surface area contributed by atoms with Crippen molar-refractivity contribution < 1.29 is 18.7 Å². The molecule has 0 radical (unpaired) electrons. The zero-order chi connectivity index (χ0) is 21.7. The molecule has 2 aromatic heterocycles. The number of hydrogen-bond acceptors (Lipinski definition) is 6. The molecule has 2 aliphatic heterocycles. The minimum absolute atomic E-state index is 0.0579. The minimum atomic E-state index is -0.760. The zero-order valence-electron chi connectivity index (χ0n) is 18.0. The van der Waals surface area contributed by atoms with Crippen LogP contribution in [0.5, 0.6) is 0 Å². The summed E-state index contributed by atoms with van der Waals surface area (Å²) in [7, 11) is 1.62. The molecule has 0 aromatic carbocycles. The topological polar surface area (TPSA) is 79.1 Å². The highest BCUT2D eigenvalue weighted by Crippen LogP contribution is 2.37. The van der Waals surface area contributed by atoms with Crippen LogP contribution in [0, 0.1) is 0 Å².